The quantitative estimate of drug-likeness (QED) is 0.782. The molecule has 1 aromatic heterocycles. The lowest BCUT2D eigenvalue weighted by Gasteiger charge is -2.06. The maximum absolute atomic E-state index is 9.54. The zero-order chi connectivity index (χ0) is 11.9. The van der Waals surface area contributed by atoms with Crippen LogP contribution in [0.25, 0.3) is 10.9 Å². The summed E-state index contributed by atoms with van der Waals surface area (Å²) in [4.78, 5) is 3.90. The van der Waals surface area contributed by atoms with Gasteiger partial charge in [-0.05, 0) is 24.6 Å². The van der Waals surface area contributed by atoms with Crippen LogP contribution in [-0.4, -0.2) is 10.1 Å². The van der Waals surface area contributed by atoms with Gasteiger partial charge in [-0.25, -0.2) is 4.98 Å². The molecular weight excluding hydrogens is 247 g/mol. The molecule has 2 rings (SSSR count). The van der Waals surface area contributed by atoms with Gasteiger partial charge in [0.15, 0.2) is 0 Å². The molecule has 0 unspecified atom stereocenters. The van der Waals surface area contributed by atoms with Crippen molar-refractivity contribution < 1.29 is 5.11 Å². The van der Waals surface area contributed by atoms with Crippen LogP contribution in [0, 0.1) is 18.3 Å². The highest BCUT2D eigenvalue weighted by atomic mass is 35.5. The van der Waals surface area contributed by atoms with Gasteiger partial charge in [0, 0.05) is 5.39 Å². The third kappa shape index (κ3) is 1.57. The third-order valence-corrected chi connectivity index (χ3v) is 3.10. The van der Waals surface area contributed by atoms with E-state index in [2.05, 4.69) is 4.98 Å². The second-order valence-electron chi connectivity index (χ2n) is 3.33. The molecule has 5 heteroatoms. The zero-order valence-electron chi connectivity index (χ0n) is 8.25. The Kier molecular flexibility index (Phi) is 2.63. The number of hydrogen-bond donors (Lipinski definition) is 1. The van der Waals surface area contributed by atoms with Crippen LogP contribution >= 0.6 is 23.2 Å². The predicted octanol–water partition coefficient (Wildman–Crippen LogP) is 3.43. The minimum atomic E-state index is -0.286. The summed E-state index contributed by atoms with van der Waals surface area (Å²) in [6.45, 7) is 1.73. The molecule has 0 aliphatic carbocycles. The summed E-state index contributed by atoms with van der Waals surface area (Å²) in [6, 6.07) is 5.10. The van der Waals surface area contributed by atoms with Crippen LogP contribution in [-0.2, 0) is 0 Å². The van der Waals surface area contributed by atoms with Crippen molar-refractivity contribution in [1.82, 2.24) is 4.98 Å². The molecule has 0 radical (unpaired) electrons. The molecule has 0 spiro atoms. The van der Waals surface area contributed by atoms with Gasteiger partial charge in [0.25, 0.3) is 0 Å². The van der Waals surface area contributed by atoms with E-state index in [4.69, 9.17) is 28.5 Å². The SMILES string of the molecule is Cc1c(C#N)c(O)nc2cc(Cl)c(Cl)cc12. The number of pyridine rings is 1. The van der Waals surface area contributed by atoms with E-state index in [-0.39, 0.29) is 11.4 Å². The first kappa shape index (κ1) is 11.0. The highest BCUT2D eigenvalue weighted by Crippen LogP contribution is 2.32. The lowest BCUT2D eigenvalue weighted by atomic mass is 10.1. The fraction of sp³-hybridized carbons (Fsp3) is 0.0909. The van der Waals surface area contributed by atoms with Crippen LogP contribution in [0.3, 0.4) is 0 Å². The van der Waals surface area contributed by atoms with E-state index < -0.39 is 0 Å². The number of benzene rings is 1. The molecule has 0 atom stereocenters. The summed E-state index contributed by atoms with van der Waals surface area (Å²) >= 11 is 11.7. The summed E-state index contributed by atoms with van der Waals surface area (Å²) in [5.74, 6) is -0.286. The van der Waals surface area contributed by atoms with E-state index in [1.165, 1.54) is 0 Å². The van der Waals surface area contributed by atoms with Gasteiger partial charge in [-0.2, -0.15) is 5.26 Å². The molecule has 0 bridgehead atoms. The van der Waals surface area contributed by atoms with Crippen molar-refractivity contribution in [2.24, 2.45) is 0 Å². The molecule has 0 saturated carbocycles. The van der Waals surface area contributed by atoms with Crippen LogP contribution in [0.5, 0.6) is 5.88 Å². The Bertz CT molecular complexity index is 632. The number of fused-ring (bicyclic) bond motifs is 1. The highest BCUT2D eigenvalue weighted by molar-refractivity contribution is 6.42. The normalized spacial score (nSPS) is 10.4. The first-order valence-electron chi connectivity index (χ1n) is 4.43. The van der Waals surface area contributed by atoms with Gasteiger partial charge in [-0.1, -0.05) is 23.2 Å². The Hall–Kier alpha value is -1.50. The number of aromatic hydroxyl groups is 1. The zero-order valence-corrected chi connectivity index (χ0v) is 9.76. The van der Waals surface area contributed by atoms with Gasteiger partial charge in [0.2, 0.25) is 5.88 Å². The van der Waals surface area contributed by atoms with Crippen LogP contribution in [0.15, 0.2) is 12.1 Å². The van der Waals surface area contributed by atoms with Gasteiger partial charge in [-0.15, -0.1) is 0 Å². The maximum atomic E-state index is 9.54. The Morgan fingerprint density at radius 2 is 1.94 bits per heavy atom. The number of nitriles is 1. The van der Waals surface area contributed by atoms with Crippen molar-refractivity contribution in [2.45, 2.75) is 6.92 Å². The summed E-state index contributed by atoms with van der Waals surface area (Å²) < 4.78 is 0. The molecule has 3 nitrogen and oxygen atoms in total. The number of hydrogen-bond acceptors (Lipinski definition) is 3. The molecule has 1 N–H and O–H groups in total. The molecule has 0 fully saturated rings. The van der Waals surface area contributed by atoms with E-state index in [1.54, 1.807) is 19.1 Å². The molecule has 0 saturated heterocycles. The second kappa shape index (κ2) is 3.82. The molecule has 80 valence electrons. The fourth-order valence-electron chi connectivity index (χ4n) is 1.54. The van der Waals surface area contributed by atoms with E-state index >= 15 is 0 Å². The number of rotatable bonds is 0. The van der Waals surface area contributed by atoms with Crippen LogP contribution in [0.4, 0.5) is 0 Å². The Balaban J connectivity index is 2.95. The minimum absolute atomic E-state index is 0.158. The van der Waals surface area contributed by atoms with Gasteiger partial charge in [0.1, 0.15) is 11.6 Å². The smallest absolute Gasteiger partial charge is 0.230 e. The van der Waals surface area contributed by atoms with Crippen LogP contribution in [0.1, 0.15) is 11.1 Å². The van der Waals surface area contributed by atoms with Crippen LogP contribution < -0.4 is 0 Å². The Labute approximate surface area is 102 Å². The monoisotopic (exact) mass is 252 g/mol. The highest BCUT2D eigenvalue weighted by Gasteiger charge is 2.12. The third-order valence-electron chi connectivity index (χ3n) is 2.38. The molecule has 2 aromatic rings. The van der Waals surface area contributed by atoms with Crippen molar-refractivity contribution >= 4 is 34.1 Å². The molecule has 1 aromatic carbocycles. The van der Waals surface area contributed by atoms with Crippen molar-refractivity contribution in [3.05, 3.63) is 33.3 Å². The van der Waals surface area contributed by atoms with Gasteiger partial charge >= 0.3 is 0 Å². The molecule has 0 aliphatic rings. The summed E-state index contributed by atoms with van der Waals surface area (Å²) in [5, 5.41) is 19.9. The topological polar surface area (TPSA) is 56.9 Å². The van der Waals surface area contributed by atoms with E-state index in [0.717, 1.165) is 0 Å². The number of aryl methyl sites for hydroxylation is 1. The predicted molar refractivity (Wildman–Crippen MR) is 62.9 cm³/mol. The Morgan fingerprint density at radius 3 is 2.56 bits per heavy atom. The first-order chi connectivity index (χ1) is 7.54. The van der Waals surface area contributed by atoms with Gasteiger partial charge in [-0.3, -0.25) is 0 Å². The van der Waals surface area contributed by atoms with E-state index in [9.17, 15) is 5.11 Å². The molecule has 0 aliphatic heterocycles. The van der Waals surface area contributed by atoms with E-state index in [1.807, 2.05) is 6.07 Å². The van der Waals surface area contributed by atoms with Gasteiger partial charge < -0.3 is 5.11 Å². The lowest BCUT2D eigenvalue weighted by molar-refractivity contribution is 0.453. The van der Waals surface area contributed by atoms with Crippen molar-refractivity contribution in [2.75, 3.05) is 0 Å². The Morgan fingerprint density at radius 1 is 1.31 bits per heavy atom. The van der Waals surface area contributed by atoms with Gasteiger partial charge in [0.05, 0.1) is 15.6 Å². The standard InChI is InChI=1S/C11H6Cl2N2O/c1-5-6-2-8(12)9(13)3-10(6)15-11(16)7(5)4-14/h2-3H,1H3,(H,15,16). The lowest BCUT2D eigenvalue weighted by Crippen LogP contribution is -1.91. The summed E-state index contributed by atoms with van der Waals surface area (Å²) in [7, 11) is 0. The first-order valence-corrected chi connectivity index (χ1v) is 5.18. The molecule has 0 amide bonds. The van der Waals surface area contributed by atoms with Crippen LogP contribution in [0.2, 0.25) is 10.0 Å². The molecule has 16 heavy (non-hydrogen) atoms. The number of nitrogens with zero attached hydrogens (tertiary/aromatic N) is 2. The fourth-order valence-corrected chi connectivity index (χ4v) is 1.86. The largest absolute Gasteiger partial charge is 0.492 e. The number of halogens is 2. The maximum Gasteiger partial charge on any atom is 0.230 e. The average molecular weight is 253 g/mol. The second-order valence-corrected chi connectivity index (χ2v) is 4.15. The van der Waals surface area contributed by atoms with E-state index in [0.29, 0.717) is 26.5 Å². The minimum Gasteiger partial charge on any atom is -0.492 e. The summed E-state index contributed by atoms with van der Waals surface area (Å²) in [5.41, 5.74) is 1.32. The van der Waals surface area contributed by atoms with Crippen molar-refractivity contribution in [1.29, 1.82) is 5.26 Å². The number of aromatic nitrogens is 1. The van der Waals surface area contributed by atoms with Crippen molar-refractivity contribution in [3.63, 3.8) is 0 Å². The summed E-state index contributed by atoms with van der Waals surface area (Å²) in [6.07, 6.45) is 0. The van der Waals surface area contributed by atoms with Crippen molar-refractivity contribution in [3.8, 4) is 11.9 Å². The molecule has 1 heterocycles. The molecular formula is C11H6Cl2N2O. The average Bonchev–Trinajstić information content (AvgIpc) is 2.22.